The molecule has 0 saturated heterocycles. The van der Waals surface area contributed by atoms with E-state index in [0.717, 1.165) is 7.11 Å². The highest BCUT2D eigenvalue weighted by Gasteiger charge is 2.23. The zero-order valence-corrected chi connectivity index (χ0v) is 11.4. The van der Waals surface area contributed by atoms with Gasteiger partial charge in [-0.2, -0.15) is 8.42 Å². The zero-order chi connectivity index (χ0) is 14.3. The van der Waals surface area contributed by atoms with Gasteiger partial charge in [0.15, 0.2) is 0 Å². The molecule has 0 atom stereocenters. The lowest BCUT2D eigenvalue weighted by molar-refractivity contribution is 0.399. The van der Waals surface area contributed by atoms with Crippen LogP contribution in [-0.4, -0.2) is 15.5 Å². The smallest absolute Gasteiger partial charge is 0.270 e. The first-order valence-corrected chi connectivity index (χ1v) is 7.36. The fraction of sp³-hybridized carbons (Fsp3) is 0.0667. The fourth-order valence-corrected chi connectivity index (χ4v) is 3.45. The normalized spacial score (nSPS) is 12.1. The average Bonchev–Trinajstić information content (AvgIpc) is 2.47. The maximum Gasteiger partial charge on any atom is 0.297 e. The molecule has 0 heterocycles. The van der Waals surface area contributed by atoms with E-state index in [9.17, 15) is 12.8 Å². The molecule has 0 saturated carbocycles. The quantitative estimate of drug-likeness (QED) is 0.536. The maximum absolute atomic E-state index is 14.5. The summed E-state index contributed by atoms with van der Waals surface area (Å²) < 4.78 is 43.5. The Bertz CT molecular complexity index is 860. The van der Waals surface area contributed by atoms with Crippen molar-refractivity contribution < 1.29 is 17.0 Å². The monoisotopic (exact) mass is 290 g/mol. The molecule has 0 aliphatic carbocycles. The lowest BCUT2D eigenvalue weighted by Gasteiger charge is -2.12. The van der Waals surface area contributed by atoms with Crippen LogP contribution >= 0.6 is 0 Å². The van der Waals surface area contributed by atoms with Crippen LogP contribution in [0, 0.1) is 5.82 Å². The summed E-state index contributed by atoms with van der Waals surface area (Å²) in [6.07, 6.45) is 0. The third-order valence-corrected chi connectivity index (χ3v) is 4.66. The summed E-state index contributed by atoms with van der Waals surface area (Å²) in [7, 11) is -2.84. The standard InChI is InChI=1S/C15H11FO3S/c1-19-20(17,18)15-12-8-4-2-6-10(12)14(16)11-7-3-5-9-13(11)15/h2-9H,1H3. The maximum atomic E-state index is 14.5. The number of benzene rings is 3. The van der Waals surface area contributed by atoms with Gasteiger partial charge in [0.2, 0.25) is 0 Å². The summed E-state index contributed by atoms with van der Waals surface area (Å²) in [5, 5.41) is 1.18. The van der Waals surface area contributed by atoms with Gasteiger partial charge in [-0.3, -0.25) is 4.18 Å². The topological polar surface area (TPSA) is 43.4 Å². The summed E-state index contributed by atoms with van der Waals surface area (Å²) in [5.41, 5.74) is 0. The third-order valence-electron chi connectivity index (χ3n) is 3.29. The van der Waals surface area contributed by atoms with Gasteiger partial charge in [0.05, 0.1) is 7.11 Å². The van der Waals surface area contributed by atoms with E-state index in [1.165, 1.54) is 0 Å². The lowest BCUT2D eigenvalue weighted by atomic mass is 10.0. The van der Waals surface area contributed by atoms with E-state index in [0.29, 0.717) is 10.8 Å². The highest BCUT2D eigenvalue weighted by molar-refractivity contribution is 7.87. The van der Waals surface area contributed by atoms with Gasteiger partial charge in [-0.25, -0.2) is 4.39 Å². The van der Waals surface area contributed by atoms with Crippen LogP contribution in [-0.2, 0) is 14.3 Å². The highest BCUT2D eigenvalue weighted by atomic mass is 32.2. The molecular weight excluding hydrogens is 279 g/mol. The lowest BCUT2D eigenvalue weighted by Crippen LogP contribution is -2.05. The van der Waals surface area contributed by atoms with Crippen LogP contribution < -0.4 is 0 Å². The molecule has 3 rings (SSSR count). The molecule has 0 aromatic heterocycles. The van der Waals surface area contributed by atoms with Crippen LogP contribution in [0.4, 0.5) is 4.39 Å². The van der Waals surface area contributed by atoms with Crippen molar-refractivity contribution in [3.8, 4) is 0 Å². The van der Waals surface area contributed by atoms with Crippen molar-refractivity contribution in [1.82, 2.24) is 0 Å². The first kappa shape index (κ1) is 13.0. The molecule has 0 amide bonds. The molecule has 0 aliphatic heterocycles. The molecule has 0 fully saturated rings. The molecule has 102 valence electrons. The molecule has 0 spiro atoms. The van der Waals surface area contributed by atoms with E-state index in [1.54, 1.807) is 48.5 Å². The van der Waals surface area contributed by atoms with Gasteiger partial charge in [-0.1, -0.05) is 48.5 Å². The van der Waals surface area contributed by atoms with E-state index in [-0.39, 0.29) is 15.7 Å². The molecule has 20 heavy (non-hydrogen) atoms. The van der Waals surface area contributed by atoms with Gasteiger partial charge in [0.1, 0.15) is 10.7 Å². The van der Waals surface area contributed by atoms with E-state index in [1.807, 2.05) is 0 Å². The summed E-state index contributed by atoms with van der Waals surface area (Å²) in [6.45, 7) is 0. The third kappa shape index (κ3) is 1.78. The zero-order valence-electron chi connectivity index (χ0n) is 10.6. The van der Waals surface area contributed by atoms with Crippen LogP contribution in [0.25, 0.3) is 21.5 Å². The Kier molecular flexibility index (Phi) is 2.96. The number of hydrogen-bond acceptors (Lipinski definition) is 3. The molecule has 0 aliphatic rings. The molecule has 3 nitrogen and oxygen atoms in total. The summed E-state index contributed by atoms with van der Waals surface area (Å²) in [4.78, 5) is 0.00704. The van der Waals surface area contributed by atoms with Crippen LogP contribution in [0.2, 0.25) is 0 Å². The number of halogens is 1. The summed E-state index contributed by atoms with van der Waals surface area (Å²) >= 11 is 0. The molecule has 0 unspecified atom stereocenters. The number of hydrogen-bond donors (Lipinski definition) is 0. The van der Waals surface area contributed by atoms with Gasteiger partial charge in [-0.15, -0.1) is 0 Å². The minimum atomic E-state index is -3.93. The minimum Gasteiger partial charge on any atom is -0.270 e. The Morgan fingerprint density at radius 3 is 1.65 bits per heavy atom. The average molecular weight is 290 g/mol. The second-order valence-corrected chi connectivity index (χ2v) is 6.00. The highest BCUT2D eigenvalue weighted by Crippen LogP contribution is 2.35. The Labute approximate surface area is 115 Å². The molecule has 3 aromatic carbocycles. The van der Waals surface area contributed by atoms with Crippen molar-refractivity contribution >= 4 is 31.7 Å². The van der Waals surface area contributed by atoms with Gasteiger partial charge in [-0.05, 0) is 0 Å². The SMILES string of the molecule is COS(=O)(=O)c1c2ccccc2c(F)c2ccccc12. The van der Waals surface area contributed by atoms with Gasteiger partial charge >= 0.3 is 0 Å². The first-order chi connectivity index (χ1) is 9.56. The van der Waals surface area contributed by atoms with Crippen molar-refractivity contribution in [2.45, 2.75) is 4.90 Å². The first-order valence-electron chi connectivity index (χ1n) is 5.96. The predicted octanol–water partition coefficient (Wildman–Crippen LogP) is 3.47. The second-order valence-electron chi connectivity index (χ2n) is 4.36. The Hall–Kier alpha value is -1.98. The molecule has 0 radical (unpaired) electrons. The Morgan fingerprint density at radius 1 is 0.850 bits per heavy atom. The summed E-state index contributed by atoms with van der Waals surface area (Å²) in [5.74, 6) is -0.425. The van der Waals surface area contributed by atoms with Crippen molar-refractivity contribution in [2.24, 2.45) is 0 Å². The number of fused-ring (bicyclic) bond motifs is 2. The van der Waals surface area contributed by atoms with E-state index >= 15 is 0 Å². The van der Waals surface area contributed by atoms with E-state index in [4.69, 9.17) is 0 Å². The largest absolute Gasteiger partial charge is 0.297 e. The van der Waals surface area contributed by atoms with E-state index in [2.05, 4.69) is 4.18 Å². The van der Waals surface area contributed by atoms with Gasteiger partial charge in [0, 0.05) is 21.5 Å². The Morgan fingerprint density at radius 2 is 1.25 bits per heavy atom. The van der Waals surface area contributed by atoms with Crippen molar-refractivity contribution in [1.29, 1.82) is 0 Å². The molecule has 5 heteroatoms. The Balaban J connectivity index is 2.68. The minimum absolute atomic E-state index is 0.00704. The predicted molar refractivity (Wildman–Crippen MR) is 75.6 cm³/mol. The fourth-order valence-electron chi connectivity index (χ4n) is 2.39. The second kappa shape index (κ2) is 4.54. The molecular formula is C15H11FO3S. The van der Waals surface area contributed by atoms with Gasteiger partial charge in [0.25, 0.3) is 10.1 Å². The summed E-state index contributed by atoms with van der Waals surface area (Å²) in [6, 6.07) is 13.0. The molecule has 0 bridgehead atoms. The van der Waals surface area contributed by atoms with Crippen molar-refractivity contribution in [2.75, 3.05) is 7.11 Å². The molecule has 0 N–H and O–H groups in total. The van der Waals surface area contributed by atoms with Crippen LogP contribution in [0.5, 0.6) is 0 Å². The molecule has 3 aromatic rings. The van der Waals surface area contributed by atoms with E-state index < -0.39 is 15.9 Å². The number of rotatable bonds is 2. The van der Waals surface area contributed by atoms with Gasteiger partial charge < -0.3 is 0 Å². The van der Waals surface area contributed by atoms with Crippen LogP contribution in [0.15, 0.2) is 53.4 Å². The van der Waals surface area contributed by atoms with Crippen molar-refractivity contribution in [3.63, 3.8) is 0 Å². The van der Waals surface area contributed by atoms with Crippen LogP contribution in [0.3, 0.4) is 0 Å². The van der Waals surface area contributed by atoms with Crippen molar-refractivity contribution in [3.05, 3.63) is 54.3 Å². The van der Waals surface area contributed by atoms with Crippen LogP contribution in [0.1, 0.15) is 0 Å².